The summed E-state index contributed by atoms with van der Waals surface area (Å²) in [5.41, 5.74) is 0.171. The number of benzene rings is 1. The summed E-state index contributed by atoms with van der Waals surface area (Å²) in [6.07, 6.45) is 0.787. The molecular formula is C14H19ClN2O4S. The van der Waals surface area contributed by atoms with Crippen molar-refractivity contribution in [2.45, 2.75) is 18.2 Å². The van der Waals surface area contributed by atoms with Crippen molar-refractivity contribution in [2.75, 3.05) is 32.8 Å². The molecule has 22 heavy (non-hydrogen) atoms. The number of ether oxygens (including phenoxy) is 1. The van der Waals surface area contributed by atoms with Gasteiger partial charge in [-0.05, 0) is 24.6 Å². The van der Waals surface area contributed by atoms with Gasteiger partial charge in [0.15, 0.2) is 0 Å². The Labute approximate surface area is 135 Å². The van der Waals surface area contributed by atoms with Crippen LogP contribution in [0, 0.1) is 0 Å². The zero-order valence-electron chi connectivity index (χ0n) is 12.3. The molecule has 122 valence electrons. The molecule has 1 aliphatic heterocycles. The zero-order chi connectivity index (χ0) is 16.2. The molecule has 0 unspecified atom stereocenters. The number of hydrogen-bond donors (Lipinski definition) is 1. The van der Waals surface area contributed by atoms with Crippen LogP contribution in [0.4, 0.5) is 0 Å². The smallest absolute Gasteiger partial charge is 0.252 e. The lowest BCUT2D eigenvalue weighted by Gasteiger charge is -2.26. The van der Waals surface area contributed by atoms with Crippen molar-refractivity contribution in [1.29, 1.82) is 0 Å². The molecule has 6 nitrogen and oxygen atoms in total. The number of morpholine rings is 1. The highest BCUT2D eigenvalue weighted by Gasteiger charge is 2.27. The van der Waals surface area contributed by atoms with Gasteiger partial charge in [0.1, 0.15) is 0 Å². The normalized spacial score (nSPS) is 16.5. The molecule has 1 aliphatic rings. The first kappa shape index (κ1) is 17.2. The van der Waals surface area contributed by atoms with Crippen molar-refractivity contribution in [2.24, 2.45) is 0 Å². The fourth-order valence-electron chi connectivity index (χ4n) is 2.11. The van der Waals surface area contributed by atoms with Crippen LogP contribution in [0.2, 0.25) is 5.02 Å². The number of nitrogens with one attached hydrogen (secondary N) is 1. The first-order valence-electron chi connectivity index (χ1n) is 7.12. The quantitative estimate of drug-likeness (QED) is 0.876. The molecule has 0 saturated carbocycles. The lowest BCUT2D eigenvalue weighted by molar-refractivity contribution is 0.0730. The van der Waals surface area contributed by atoms with Gasteiger partial charge in [-0.3, -0.25) is 4.79 Å². The largest absolute Gasteiger partial charge is 0.379 e. The number of carbonyl (C=O) groups excluding carboxylic acids is 1. The number of amides is 1. The summed E-state index contributed by atoms with van der Waals surface area (Å²) < 4.78 is 31.7. The maximum atomic E-state index is 12.6. The third-order valence-electron chi connectivity index (χ3n) is 3.33. The van der Waals surface area contributed by atoms with E-state index in [1.54, 1.807) is 0 Å². The molecule has 1 N–H and O–H groups in total. The number of hydrogen-bond acceptors (Lipinski definition) is 4. The summed E-state index contributed by atoms with van der Waals surface area (Å²) in [6.45, 7) is 3.80. The molecule has 0 aliphatic carbocycles. The monoisotopic (exact) mass is 346 g/mol. The molecule has 0 bridgehead atoms. The van der Waals surface area contributed by atoms with Gasteiger partial charge in [-0.1, -0.05) is 18.5 Å². The van der Waals surface area contributed by atoms with Crippen molar-refractivity contribution in [1.82, 2.24) is 9.62 Å². The Balaban J connectivity index is 2.30. The van der Waals surface area contributed by atoms with Crippen LogP contribution < -0.4 is 5.32 Å². The SMILES string of the molecule is CCCNC(=O)c1cc(S(=O)(=O)N2CCOCC2)ccc1Cl. The Morgan fingerprint density at radius 3 is 2.68 bits per heavy atom. The number of nitrogens with zero attached hydrogens (tertiary/aromatic N) is 1. The van der Waals surface area contributed by atoms with Crippen molar-refractivity contribution in [3.05, 3.63) is 28.8 Å². The van der Waals surface area contributed by atoms with E-state index < -0.39 is 10.0 Å². The van der Waals surface area contributed by atoms with Crippen LogP contribution in [0.25, 0.3) is 0 Å². The summed E-state index contributed by atoms with van der Waals surface area (Å²) in [5.74, 6) is -0.370. The van der Waals surface area contributed by atoms with E-state index in [9.17, 15) is 13.2 Å². The third kappa shape index (κ3) is 3.78. The molecule has 1 saturated heterocycles. The molecule has 0 spiro atoms. The highest BCUT2D eigenvalue weighted by atomic mass is 35.5. The van der Waals surface area contributed by atoms with Crippen LogP contribution in [0.15, 0.2) is 23.1 Å². The van der Waals surface area contributed by atoms with E-state index in [0.29, 0.717) is 32.8 Å². The van der Waals surface area contributed by atoms with Crippen LogP contribution in [0.1, 0.15) is 23.7 Å². The van der Waals surface area contributed by atoms with Crippen molar-refractivity contribution < 1.29 is 17.9 Å². The lowest BCUT2D eigenvalue weighted by atomic mass is 10.2. The summed E-state index contributed by atoms with van der Waals surface area (Å²) in [4.78, 5) is 12.1. The molecule has 0 atom stereocenters. The number of rotatable bonds is 5. The first-order valence-corrected chi connectivity index (χ1v) is 8.94. The molecule has 1 aromatic carbocycles. The highest BCUT2D eigenvalue weighted by molar-refractivity contribution is 7.89. The summed E-state index contributed by atoms with van der Waals surface area (Å²) in [5, 5.41) is 2.93. The molecular weight excluding hydrogens is 328 g/mol. The van der Waals surface area contributed by atoms with E-state index in [4.69, 9.17) is 16.3 Å². The Kier molecular flexibility index (Phi) is 5.80. The van der Waals surface area contributed by atoms with Crippen LogP contribution in [0.3, 0.4) is 0 Å². The van der Waals surface area contributed by atoms with Gasteiger partial charge in [0.25, 0.3) is 5.91 Å². The Bertz CT molecular complexity index is 642. The minimum Gasteiger partial charge on any atom is -0.379 e. The average molecular weight is 347 g/mol. The molecule has 8 heteroatoms. The number of sulfonamides is 1. The number of carbonyl (C=O) groups is 1. The van der Waals surface area contributed by atoms with Gasteiger partial charge in [-0.15, -0.1) is 0 Å². The van der Waals surface area contributed by atoms with Gasteiger partial charge >= 0.3 is 0 Å². The second-order valence-corrected chi connectivity index (χ2v) is 7.26. The summed E-state index contributed by atoms with van der Waals surface area (Å²) in [7, 11) is -3.64. The average Bonchev–Trinajstić information content (AvgIpc) is 2.53. The molecule has 2 rings (SSSR count). The van der Waals surface area contributed by atoms with Crippen LogP contribution >= 0.6 is 11.6 Å². The topological polar surface area (TPSA) is 75.7 Å². The Morgan fingerprint density at radius 1 is 1.36 bits per heavy atom. The summed E-state index contributed by atoms with van der Waals surface area (Å²) in [6, 6.07) is 4.19. The molecule has 1 aromatic rings. The first-order chi connectivity index (χ1) is 10.5. The highest BCUT2D eigenvalue weighted by Crippen LogP contribution is 2.23. The van der Waals surface area contributed by atoms with E-state index in [1.165, 1.54) is 22.5 Å². The van der Waals surface area contributed by atoms with E-state index >= 15 is 0 Å². The third-order valence-corrected chi connectivity index (χ3v) is 5.55. The molecule has 0 radical (unpaired) electrons. The van der Waals surface area contributed by atoms with Gasteiger partial charge in [0, 0.05) is 19.6 Å². The minimum absolute atomic E-state index is 0.0699. The van der Waals surface area contributed by atoms with Crippen LogP contribution in [-0.2, 0) is 14.8 Å². The fraction of sp³-hybridized carbons (Fsp3) is 0.500. The number of halogens is 1. The van der Waals surface area contributed by atoms with Gasteiger partial charge in [0.2, 0.25) is 10.0 Å². The second kappa shape index (κ2) is 7.41. The minimum atomic E-state index is -3.64. The molecule has 1 amide bonds. The lowest BCUT2D eigenvalue weighted by Crippen LogP contribution is -2.40. The van der Waals surface area contributed by atoms with E-state index in [2.05, 4.69) is 5.32 Å². The van der Waals surface area contributed by atoms with Crippen molar-refractivity contribution in [3.63, 3.8) is 0 Å². The predicted molar refractivity (Wildman–Crippen MR) is 83.7 cm³/mol. The molecule has 1 heterocycles. The maximum Gasteiger partial charge on any atom is 0.252 e. The Hall–Kier alpha value is -1.15. The molecule has 1 fully saturated rings. The van der Waals surface area contributed by atoms with Gasteiger partial charge in [-0.2, -0.15) is 4.31 Å². The standard InChI is InChI=1S/C14H19ClN2O4S/c1-2-5-16-14(18)12-10-11(3-4-13(12)15)22(19,20)17-6-8-21-9-7-17/h3-4,10H,2,5-9H2,1H3,(H,16,18). The Morgan fingerprint density at radius 2 is 2.05 bits per heavy atom. The van der Waals surface area contributed by atoms with E-state index in [1.807, 2.05) is 6.92 Å². The second-order valence-electron chi connectivity index (χ2n) is 4.91. The fourth-order valence-corrected chi connectivity index (χ4v) is 3.75. The van der Waals surface area contributed by atoms with Gasteiger partial charge in [0.05, 0.1) is 28.7 Å². The predicted octanol–water partition coefficient (Wildman–Crippen LogP) is 1.50. The van der Waals surface area contributed by atoms with Gasteiger partial charge in [-0.25, -0.2) is 8.42 Å². The van der Waals surface area contributed by atoms with E-state index in [0.717, 1.165) is 6.42 Å². The van der Waals surface area contributed by atoms with Crippen LogP contribution in [0.5, 0.6) is 0 Å². The molecule has 0 aromatic heterocycles. The summed E-state index contributed by atoms with van der Waals surface area (Å²) >= 11 is 6.02. The maximum absolute atomic E-state index is 12.6. The van der Waals surface area contributed by atoms with Crippen molar-refractivity contribution >= 4 is 27.5 Å². The van der Waals surface area contributed by atoms with Gasteiger partial charge < -0.3 is 10.1 Å². The van der Waals surface area contributed by atoms with E-state index in [-0.39, 0.29) is 21.4 Å². The van der Waals surface area contributed by atoms with Crippen molar-refractivity contribution in [3.8, 4) is 0 Å². The zero-order valence-corrected chi connectivity index (χ0v) is 13.9. The van der Waals surface area contributed by atoms with Crippen LogP contribution in [-0.4, -0.2) is 51.5 Å².